The summed E-state index contributed by atoms with van der Waals surface area (Å²) in [6.07, 6.45) is 0.0936. The van der Waals surface area contributed by atoms with E-state index in [0.717, 1.165) is 27.2 Å². The fourth-order valence-electron chi connectivity index (χ4n) is 6.94. The van der Waals surface area contributed by atoms with Crippen LogP contribution in [-0.2, 0) is 19.8 Å². The number of carbonyl (C=O) groups is 3. The van der Waals surface area contributed by atoms with Crippen molar-refractivity contribution >= 4 is 29.6 Å². The van der Waals surface area contributed by atoms with Crippen molar-refractivity contribution in [2.45, 2.75) is 17.4 Å². The largest absolute Gasteiger partial charge is 0.378 e. The standard InChI is InChI=1S/C33H24FN3O4/c34-20-14-16-21(17-15-20)37-31(40)27-26-22-10-4-6-12-24(22)33(28(27)32(37)41,25-13-7-5-11-23(25)26)18-35-36-30(39)29(38)19-8-2-1-3-9-19/h1-18,26-29,38H,(H,36,39)/b35-18-/t26?,27-,28-,29-,33?/m0/s1. The Balaban J connectivity index is 1.37. The van der Waals surface area contributed by atoms with Gasteiger partial charge in [-0.1, -0.05) is 78.9 Å². The zero-order chi connectivity index (χ0) is 28.3. The van der Waals surface area contributed by atoms with Gasteiger partial charge < -0.3 is 5.11 Å². The summed E-state index contributed by atoms with van der Waals surface area (Å²) in [5.74, 6) is -3.91. The molecule has 8 heteroatoms. The molecule has 4 aromatic carbocycles. The van der Waals surface area contributed by atoms with Gasteiger partial charge in [0, 0.05) is 12.1 Å². The predicted molar refractivity (Wildman–Crippen MR) is 149 cm³/mol. The minimum Gasteiger partial charge on any atom is -0.378 e. The second-order valence-electron chi connectivity index (χ2n) is 10.6. The number of rotatable bonds is 5. The molecule has 4 aromatic rings. The number of nitrogens with zero attached hydrogens (tertiary/aromatic N) is 2. The molecule has 3 aliphatic carbocycles. The van der Waals surface area contributed by atoms with Crippen LogP contribution in [0.2, 0.25) is 0 Å². The molecule has 1 fully saturated rings. The Kier molecular flexibility index (Phi) is 5.69. The zero-order valence-corrected chi connectivity index (χ0v) is 21.6. The van der Waals surface area contributed by atoms with E-state index in [1.54, 1.807) is 30.3 Å². The van der Waals surface area contributed by atoms with Crippen molar-refractivity contribution in [2.24, 2.45) is 16.9 Å². The molecule has 0 aromatic heterocycles. The van der Waals surface area contributed by atoms with Crippen molar-refractivity contribution in [3.63, 3.8) is 0 Å². The quantitative estimate of drug-likeness (QED) is 0.223. The Morgan fingerprint density at radius 3 is 2.07 bits per heavy atom. The van der Waals surface area contributed by atoms with Crippen LogP contribution < -0.4 is 10.3 Å². The molecule has 1 heterocycles. The van der Waals surface area contributed by atoms with E-state index in [1.807, 2.05) is 48.5 Å². The smallest absolute Gasteiger partial charge is 0.273 e. The number of imide groups is 1. The number of hydrogen-bond acceptors (Lipinski definition) is 5. The molecule has 4 aliphatic rings. The number of hydrogen-bond donors (Lipinski definition) is 2. The minimum absolute atomic E-state index is 0.301. The van der Waals surface area contributed by atoms with Gasteiger partial charge in [-0.25, -0.2) is 14.7 Å². The SMILES string of the molecule is O=C(N/N=C\C12c3ccccc3C(c3ccccc31)[C@@H]1C(=O)N(c3ccc(F)cc3)C(=O)[C@H]12)[C@@H](O)c1ccccc1. The summed E-state index contributed by atoms with van der Waals surface area (Å²) in [6, 6.07) is 29.1. The number of hydrazone groups is 1. The first-order chi connectivity index (χ1) is 19.9. The number of nitrogens with one attached hydrogen (secondary N) is 1. The second-order valence-corrected chi connectivity index (χ2v) is 10.6. The van der Waals surface area contributed by atoms with Crippen molar-refractivity contribution in [3.8, 4) is 0 Å². The van der Waals surface area contributed by atoms with Gasteiger partial charge in [-0.15, -0.1) is 0 Å². The minimum atomic E-state index is -1.44. The lowest BCUT2D eigenvalue weighted by atomic mass is 9.47. The lowest BCUT2D eigenvalue weighted by Gasteiger charge is -2.52. The fraction of sp³-hybridized carbons (Fsp3) is 0.152. The molecule has 3 amide bonds. The molecule has 41 heavy (non-hydrogen) atoms. The number of halogens is 1. The van der Waals surface area contributed by atoms with Crippen LogP contribution in [0.15, 0.2) is 108 Å². The third-order valence-corrected chi connectivity index (χ3v) is 8.58. The summed E-state index contributed by atoms with van der Waals surface area (Å²) >= 11 is 0. The summed E-state index contributed by atoms with van der Waals surface area (Å²) in [5.41, 5.74) is 5.47. The normalized spacial score (nSPS) is 24.6. The van der Waals surface area contributed by atoms with Gasteiger partial charge >= 0.3 is 0 Å². The van der Waals surface area contributed by atoms with E-state index in [4.69, 9.17) is 0 Å². The lowest BCUT2D eigenvalue weighted by molar-refractivity contribution is -0.129. The third kappa shape index (κ3) is 3.54. The maximum absolute atomic E-state index is 14.3. The summed E-state index contributed by atoms with van der Waals surface area (Å²) < 4.78 is 13.7. The fourth-order valence-corrected chi connectivity index (χ4v) is 6.94. The molecule has 7 nitrogen and oxygen atoms in total. The Morgan fingerprint density at radius 1 is 0.854 bits per heavy atom. The maximum atomic E-state index is 14.3. The molecule has 2 bridgehead atoms. The average molecular weight is 546 g/mol. The molecular formula is C33H24FN3O4. The van der Waals surface area contributed by atoms with Crippen LogP contribution in [-0.4, -0.2) is 29.0 Å². The van der Waals surface area contributed by atoms with E-state index < -0.39 is 41.0 Å². The molecule has 3 atom stereocenters. The van der Waals surface area contributed by atoms with Crippen molar-refractivity contribution in [1.29, 1.82) is 0 Å². The number of aliphatic hydroxyl groups is 1. The summed E-state index contributed by atoms with van der Waals surface area (Å²) in [5, 5.41) is 14.9. The second kappa shape index (κ2) is 9.31. The van der Waals surface area contributed by atoms with Crippen molar-refractivity contribution in [1.82, 2.24) is 5.43 Å². The number of carbonyl (C=O) groups excluding carboxylic acids is 3. The molecule has 2 N–H and O–H groups in total. The van der Waals surface area contributed by atoms with Gasteiger partial charge in [0.25, 0.3) is 5.91 Å². The number of aliphatic hydroxyl groups excluding tert-OH is 1. The monoisotopic (exact) mass is 545 g/mol. The number of anilines is 1. The maximum Gasteiger partial charge on any atom is 0.273 e. The van der Waals surface area contributed by atoms with Gasteiger partial charge in [0.05, 0.1) is 22.9 Å². The first-order valence-electron chi connectivity index (χ1n) is 13.3. The molecule has 0 spiro atoms. The third-order valence-electron chi connectivity index (χ3n) is 8.58. The van der Waals surface area contributed by atoms with Gasteiger partial charge in [0.2, 0.25) is 11.8 Å². The molecule has 0 radical (unpaired) electrons. The highest BCUT2D eigenvalue weighted by Gasteiger charge is 2.68. The molecule has 8 rings (SSSR count). The Morgan fingerprint density at radius 2 is 1.44 bits per heavy atom. The van der Waals surface area contributed by atoms with Gasteiger partial charge in [0.1, 0.15) is 5.82 Å². The first kappa shape index (κ1) is 25.0. The summed E-state index contributed by atoms with van der Waals surface area (Å²) in [7, 11) is 0. The Hall–Kier alpha value is -4.95. The molecule has 202 valence electrons. The van der Waals surface area contributed by atoms with Crippen molar-refractivity contribution < 1.29 is 23.9 Å². The van der Waals surface area contributed by atoms with Crippen LogP contribution in [0.5, 0.6) is 0 Å². The van der Waals surface area contributed by atoms with E-state index in [-0.39, 0.29) is 11.8 Å². The Bertz CT molecular complexity index is 1690. The van der Waals surface area contributed by atoms with Gasteiger partial charge in [-0.3, -0.25) is 14.4 Å². The van der Waals surface area contributed by atoms with Crippen LogP contribution in [0, 0.1) is 17.7 Å². The van der Waals surface area contributed by atoms with Crippen LogP contribution >= 0.6 is 0 Å². The summed E-state index contributed by atoms with van der Waals surface area (Å²) in [6.45, 7) is 0. The van der Waals surface area contributed by atoms with Crippen molar-refractivity contribution in [2.75, 3.05) is 4.90 Å². The van der Waals surface area contributed by atoms with Gasteiger partial charge in [0.15, 0.2) is 6.10 Å². The molecule has 0 unspecified atom stereocenters. The molecule has 1 saturated heterocycles. The lowest BCUT2D eigenvalue weighted by Crippen LogP contribution is -2.54. The predicted octanol–water partition coefficient (Wildman–Crippen LogP) is 4.21. The van der Waals surface area contributed by atoms with Gasteiger partial charge in [-0.05, 0) is 52.1 Å². The zero-order valence-electron chi connectivity index (χ0n) is 21.6. The molecule has 1 aliphatic heterocycles. The van der Waals surface area contributed by atoms with E-state index >= 15 is 0 Å². The van der Waals surface area contributed by atoms with Crippen LogP contribution in [0.1, 0.15) is 39.8 Å². The molecule has 0 saturated carbocycles. The highest BCUT2D eigenvalue weighted by molar-refractivity contribution is 6.25. The molecular weight excluding hydrogens is 521 g/mol. The highest BCUT2D eigenvalue weighted by atomic mass is 19.1. The van der Waals surface area contributed by atoms with E-state index in [2.05, 4.69) is 10.5 Å². The number of benzene rings is 4. The number of amides is 3. The van der Waals surface area contributed by atoms with Crippen LogP contribution in [0.3, 0.4) is 0 Å². The van der Waals surface area contributed by atoms with Gasteiger partial charge in [-0.2, -0.15) is 5.10 Å². The summed E-state index contributed by atoms with van der Waals surface area (Å²) in [4.78, 5) is 42.3. The van der Waals surface area contributed by atoms with Crippen LogP contribution in [0.25, 0.3) is 0 Å². The van der Waals surface area contributed by atoms with E-state index in [1.165, 1.54) is 30.5 Å². The topological polar surface area (TPSA) is 99.1 Å². The highest BCUT2D eigenvalue weighted by Crippen LogP contribution is 2.63. The van der Waals surface area contributed by atoms with Crippen molar-refractivity contribution in [3.05, 3.63) is 137 Å². The average Bonchev–Trinajstić information content (AvgIpc) is 3.28. The van der Waals surface area contributed by atoms with E-state index in [0.29, 0.717) is 11.3 Å². The first-order valence-corrected chi connectivity index (χ1v) is 13.3. The van der Waals surface area contributed by atoms with Crippen LogP contribution in [0.4, 0.5) is 10.1 Å². The Labute approximate surface area is 234 Å². The van der Waals surface area contributed by atoms with E-state index in [9.17, 15) is 23.9 Å².